The van der Waals surface area contributed by atoms with Gasteiger partial charge in [0.25, 0.3) is 0 Å². The molecule has 1 heterocycles. The predicted molar refractivity (Wildman–Crippen MR) is 69.0 cm³/mol. The molecule has 0 bridgehead atoms. The van der Waals surface area contributed by atoms with Crippen LogP contribution in [0.4, 0.5) is 0 Å². The van der Waals surface area contributed by atoms with Crippen LogP contribution in [0.5, 0.6) is 5.75 Å². The molecule has 0 saturated heterocycles. The number of allylic oxidation sites excluding steroid dienone is 2. The molecule has 4 nitrogen and oxygen atoms in total. The van der Waals surface area contributed by atoms with E-state index in [1.54, 1.807) is 7.11 Å². The summed E-state index contributed by atoms with van der Waals surface area (Å²) in [6.07, 6.45) is 6.01. The van der Waals surface area contributed by atoms with E-state index in [-0.39, 0.29) is 0 Å². The SMILES string of the molecule is COc1ccc(C2=CC=CN(CCN)N2)cc1. The number of hydrazine groups is 1. The fraction of sp³-hybridized carbons (Fsp3) is 0.231. The van der Waals surface area contributed by atoms with Crippen molar-refractivity contribution in [1.29, 1.82) is 0 Å². The molecule has 90 valence electrons. The molecule has 17 heavy (non-hydrogen) atoms. The van der Waals surface area contributed by atoms with Crippen LogP contribution in [0.25, 0.3) is 5.70 Å². The van der Waals surface area contributed by atoms with Gasteiger partial charge >= 0.3 is 0 Å². The van der Waals surface area contributed by atoms with Crippen molar-refractivity contribution >= 4 is 5.70 Å². The van der Waals surface area contributed by atoms with E-state index in [1.807, 2.05) is 47.6 Å². The van der Waals surface area contributed by atoms with Crippen LogP contribution in [0.3, 0.4) is 0 Å². The Morgan fingerprint density at radius 3 is 2.71 bits per heavy atom. The Balaban J connectivity index is 2.11. The molecule has 0 unspecified atom stereocenters. The quantitative estimate of drug-likeness (QED) is 0.820. The molecule has 2 rings (SSSR count). The van der Waals surface area contributed by atoms with Crippen LogP contribution in [-0.4, -0.2) is 25.2 Å². The van der Waals surface area contributed by atoms with Gasteiger partial charge in [0.05, 0.1) is 19.4 Å². The van der Waals surface area contributed by atoms with E-state index in [1.165, 1.54) is 0 Å². The third kappa shape index (κ3) is 2.79. The molecule has 1 aromatic carbocycles. The molecule has 0 aliphatic carbocycles. The first-order valence-corrected chi connectivity index (χ1v) is 5.60. The highest BCUT2D eigenvalue weighted by Crippen LogP contribution is 2.18. The minimum absolute atomic E-state index is 0.618. The van der Waals surface area contributed by atoms with Gasteiger partial charge in [-0.25, -0.2) is 0 Å². The second-order valence-corrected chi connectivity index (χ2v) is 3.74. The fourth-order valence-corrected chi connectivity index (χ4v) is 1.67. The predicted octanol–water partition coefficient (Wildman–Crippen LogP) is 1.33. The van der Waals surface area contributed by atoms with E-state index in [0.29, 0.717) is 6.54 Å². The van der Waals surface area contributed by atoms with Crippen LogP contribution in [-0.2, 0) is 0 Å². The molecule has 4 heteroatoms. The van der Waals surface area contributed by atoms with Crippen molar-refractivity contribution in [1.82, 2.24) is 10.4 Å². The van der Waals surface area contributed by atoms with Gasteiger partial charge in [-0.3, -0.25) is 10.4 Å². The molecule has 1 aliphatic rings. The maximum Gasteiger partial charge on any atom is 0.118 e. The van der Waals surface area contributed by atoms with Gasteiger partial charge in [-0.15, -0.1) is 0 Å². The highest BCUT2D eigenvalue weighted by atomic mass is 16.5. The summed E-state index contributed by atoms with van der Waals surface area (Å²) >= 11 is 0. The first-order chi connectivity index (χ1) is 8.33. The smallest absolute Gasteiger partial charge is 0.118 e. The summed E-state index contributed by atoms with van der Waals surface area (Å²) in [5, 5.41) is 1.97. The summed E-state index contributed by atoms with van der Waals surface area (Å²) in [5.41, 5.74) is 11.0. The Bertz CT molecular complexity index is 423. The van der Waals surface area contributed by atoms with Gasteiger partial charge in [0.2, 0.25) is 0 Å². The lowest BCUT2D eigenvalue weighted by atomic mass is 10.1. The molecule has 0 amide bonds. The van der Waals surface area contributed by atoms with Gasteiger partial charge in [0.1, 0.15) is 5.75 Å². The molecular weight excluding hydrogens is 214 g/mol. The number of nitrogens with two attached hydrogens (primary N) is 1. The van der Waals surface area contributed by atoms with Crippen molar-refractivity contribution < 1.29 is 4.74 Å². The van der Waals surface area contributed by atoms with Crippen LogP contribution in [0.2, 0.25) is 0 Å². The van der Waals surface area contributed by atoms with Gasteiger partial charge in [-0.2, -0.15) is 0 Å². The minimum Gasteiger partial charge on any atom is -0.497 e. The van der Waals surface area contributed by atoms with E-state index >= 15 is 0 Å². The zero-order valence-corrected chi connectivity index (χ0v) is 9.89. The summed E-state index contributed by atoms with van der Waals surface area (Å²) < 4.78 is 5.14. The zero-order chi connectivity index (χ0) is 12.1. The Labute approximate surface area is 101 Å². The highest BCUT2D eigenvalue weighted by Gasteiger charge is 2.07. The van der Waals surface area contributed by atoms with Crippen molar-refractivity contribution in [3.63, 3.8) is 0 Å². The molecule has 0 radical (unpaired) electrons. The standard InChI is InChI=1S/C13H17N3O/c1-17-12-6-4-11(5-7-12)13-3-2-9-16(15-13)10-8-14/h2-7,9,15H,8,10,14H2,1H3. The van der Waals surface area contributed by atoms with Gasteiger partial charge < -0.3 is 10.5 Å². The third-order valence-corrected chi connectivity index (χ3v) is 2.56. The monoisotopic (exact) mass is 231 g/mol. The van der Waals surface area contributed by atoms with Gasteiger partial charge in [0, 0.05) is 12.7 Å². The average molecular weight is 231 g/mol. The lowest BCUT2D eigenvalue weighted by Crippen LogP contribution is -2.37. The minimum atomic E-state index is 0.618. The van der Waals surface area contributed by atoms with Crippen LogP contribution in [0, 0.1) is 0 Å². The Morgan fingerprint density at radius 2 is 2.06 bits per heavy atom. The van der Waals surface area contributed by atoms with Crippen molar-refractivity contribution in [2.45, 2.75) is 0 Å². The number of methoxy groups -OCH3 is 1. The topological polar surface area (TPSA) is 50.5 Å². The van der Waals surface area contributed by atoms with E-state index in [9.17, 15) is 0 Å². The molecule has 0 saturated carbocycles. The maximum absolute atomic E-state index is 5.53. The first-order valence-electron chi connectivity index (χ1n) is 5.60. The number of ether oxygens (including phenoxy) is 1. The van der Waals surface area contributed by atoms with Crippen LogP contribution in [0.1, 0.15) is 5.56 Å². The van der Waals surface area contributed by atoms with Crippen LogP contribution >= 0.6 is 0 Å². The summed E-state index contributed by atoms with van der Waals surface area (Å²) in [4.78, 5) is 0. The molecule has 0 aromatic heterocycles. The number of hydrogen-bond donors (Lipinski definition) is 2. The molecule has 0 spiro atoms. The van der Waals surface area contributed by atoms with Crippen LogP contribution < -0.4 is 15.9 Å². The number of nitrogens with zero attached hydrogens (tertiary/aromatic N) is 1. The summed E-state index contributed by atoms with van der Waals surface area (Å²) in [6, 6.07) is 7.95. The van der Waals surface area contributed by atoms with E-state index < -0.39 is 0 Å². The van der Waals surface area contributed by atoms with Gasteiger partial charge in [-0.05, 0) is 42.0 Å². The summed E-state index contributed by atoms with van der Waals surface area (Å²) in [6.45, 7) is 1.40. The molecule has 3 N–H and O–H groups in total. The van der Waals surface area contributed by atoms with Gasteiger partial charge in [0.15, 0.2) is 0 Å². The van der Waals surface area contributed by atoms with Gasteiger partial charge in [-0.1, -0.05) is 0 Å². The number of hydrogen-bond acceptors (Lipinski definition) is 4. The average Bonchev–Trinajstić information content (AvgIpc) is 2.40. The molecule has 0 fully saturated rings. The van der Waals surface area contributed by atoms with E-state index in [4.69, 9.17) is 10.5 Å². The van der Waals surface area contributed by atoms with Crippen LogP contribution in [0.15, 0.2) is 42.6 Å². The third-order valence-electron chi connectivity index (χ3n) is 2.56. The molecular formula is C13H17N3O. The zero-order valence-electron chi connectivity index (χ0n) is 9.89. The van der Waals surface area contributed by atoms with E-state index in [2.05, 4.69) is 5.43 Å². The number of nitrogens with one attached hydrogen (secondary N) is 1. The van der Waals surface area contributed by atoms with Crippen molar-refractivity contribution in [2.24, 2.45) is 5.73 Å². The molecule has 1 aliphatic heterocycles. The Kier molecular flexibility index (Phi) is 3.67. The lowest BCUT2D eigenvalue weighted by Gasteiger charge is -2.26. The number of benzene rings is 1. The largest absolute Gasteiger partial charge is 0.497 e. The maximum atomic E-state index is 5.53. The van der Waals surface area contributed by atoms with Crippen molar-refractivity contribution in [3.05, 3.63) is 48.2 Å². The second kappa shape index (κ2) is 5.41. The fourth-order valence-electron chi connectivity index (χ4n) is 1.67. The Hall–Kier alpha value is -1.94. The van der Waals surface area contributed by atoms with Crippen molar-refractivity contribution in [2.75, 3.05) is 20.2 Å². The Morgan fingerprint density at radius 1 is 1.29 bits per heavy atom. The number of rotatable bonds is 4. The molecule has 1 aromatic rings. The highest BCUT2D eigenvalue weighted by molar-refractivity contribution is 5.66. The first kappa shape index (κ1) is 11.5. The normalized spacial score (nSPS) is 14.2. The molecule has 0 atom stereocenters. The van der Waals surface area contributed by atoms with Crippen molar-refractivity contribution in [3.8, 4) is 5.75 Å². The lowest BCUT2D eigenvalue weighted by molar-refractivity contribution is 0.330. The van der Waals surface area contributed by atoms with E-state index in [0.717, 1.165) is 23.6 Å². The summed E-state index contributed by atoms with van der Waals surface area (Å²) in [5.74, 6) is 0.861. The summed E-state index contributed by atoms with van der Waals surface area (Å²) in [7, 11) is 1.67. The second-order valence-electron chi connectivity index (χ2n) is 3.74.